The molecule has 1 heterocycles. The van der Waals surface area contributed by atoms with Crippen LogP contribution >= 0.6 is 11.6 Å². The van der Waals surface area contributed by atoms with E-state index in [0.717, 1.165) is 49.5 Å². The lowest BCUT2D eigenvalue weighted by Crippen LogP contribution is -3.13. The summed E-state index contributed by atoms with van der Waals surface area (Å²) in [5.74, 6) is 1.22. The zero-order chi connectivity index (χ0) is 19.6. The van der Waals surface area contributed by atoms with Gasteiger partial charge in [-0.2, -0.15) is 0 Å². The van der Waals surface area contributed by atoms with Crippen molar-refractivity contribution in [3.05, 3.63) is 64.7 Å². The Morgan fingerprint density at radius 1 is 1.11 bits per heavy atom. The highest BCUT2D eigenvalue weighted by molar-refractivity contribution is 6.31. The molecule has 1 aliphatic carbocycles. The molecule has 3 nitrogen and oxygen atoms in total. The normalized spacial score (nSPS) is 29.9. The number of nitrogens with one attached hydrogen (secondary N) is 1. The number of para-hydroxylation sites is 1. The van der Waals surface area contributed by atoms with Gasteiger partial charge in [0.05, 0.1) is 24.3 Å². The maximum Gasteiger partial charge on any atom is 0.128 e. The average molecular weight is 401 g/mol. The number of hydrogen-bond acceptors (Lipinski definition) is 2. The minimum Gasteiger partial charge on any atom is -0.493 e. The van der Waals surface area contributed by atoms with Crippen molar-refractivity contribution in [1.29, 1.82) is 0 Å². The Balaban J connectivity index is 1.74. The van der Waals surface area contributed by atoms with Gasteiger partial charge in [-0.15, -0.1) is 0 Å². The van der Waals surface area contributed by atoms with Crippen LogP contribution in [-0.4, -0.2) is 23.9 Å². The molecule has 1 unspecified atom stereocenters. The first-order valence-electron chi connectivity index (χ1n) is 10.6. The molecule has 4 heteroatoms. The first kappa shape index (κ1) is 19.8. The average Bonchev–Trinajstić information content (AvgIpc) is 2.70. The van der Waals surface area contributed by atoms with Gasteiger partial charge in [0.2, 0.25) is 0 Å². The number of aliphatic hydroxyl groups is 1. The lowest BCUT2D eigenvalue weighted by Gasteiger charge is -2.50. The Labute approximate surface area is 173 Å². The van der Waals surface area contributed by atoms with Gasteiger partial charge in [0, 0.05) is 22.9 Å². The number of fused-ring (bicyclic) bond motifs is 1. The number of piperidine rings is 1. The molecule has 4 atom stereocenters. The number of benzene rings is 2. The maximum atomic E-state index is 11.5. The zero-order valence-corrected chi connectivity index (χ0v) is 17.4. The number of quaternary nitrogens is 1. The molecule has 2 aromatic rings. The molecule has 150 valence electrons. The summed E-state index contributed by atoms with van der Waals surface area (Å²) in [6.45, 7) is 4.50. The fraction of sp³-hybridized carbons (Fsp3) is 0.500. The maximum absolute atomic E-state index is 11.5. The first-order chi connectivity index (χ1) is 13.6. The third-order valence-electron chi connectivity index (χ3n) is 6.72. The summed E-state index contributed by atoms with van der Waals surface area (Å²) in [6, 6.07) is 16.8. The summed E-state index contributed by atoms with van der Waals surface area (Å²) >= 11 is 6.50. The van der Waals surface area contributed by atoms with Crippen LogP contribution in [0.5, 0.6) is 5.75 Å². The minimum absolute atomic E-state index is 0.220. The van der Waals surface area contributed by atoms with Crippen LogP contribution in [0.1, 0.15) is 56.2 Å². The largest absolute Gasteiger partial charge is 0.493 e. The number of ether oxygens (including phenoxy) is 1. The molecule has 1 saturated heterocycles. The lowest BCUT2D eigenvalue weighted by atomic mass is 9.66. The predicted octanol–water partition coefficient (Wildman–Crippen LogP) is 4.19. The van der Waals surface area contributed by atoms with Crippen LogP contribution in [0.15, 0.2) is 48.5 Å². The number of likely N-dealkylation sites (tertiary alicyclic amines) is 1. The second-order valence-electron chi connectivity index (χ2n) is 8.33. The Morgan fingerprint density at radius 2 is 1.89 bits per heavy atom. The molecule has 1 saturated carbocycles. The molecule has 0 radical (unpaired) electrons. The Bertz CT molecular complexity index is 811. The van der Waals surface area contributed by atoms with Gasteiger partial charge in [-0.25, -0.2) is 0 Å². The second-order valence-corrected chi connectivity index (χ2v) is 8.74. The molecule has 0 aromatic heterocycles. The van der Waals surface area contributed by atoms with E-state index in [1.807, 2.05) is 25.1 Å². The molecule has 0 amide bonds. The van der Waals surface area contributed by atoms with Crippen molar-refractivity contribution < 1.29 is 14.7 Å². The van der Waals surface area contributed by atoms with E-state index in [-0.39, 0.29) is 12.0 Å². The highest BCUT2D eigenvalue weighted by atomic mass is 35.5. The van der Waals surface area contributed by atoms with Crippen molar-refractivity contribution in [1.82, 2.24) is 0 Å². The number of halogens is 1. The summed E-state index contributed by atoms with van der Waals surface area (Å²) < 4.78 is 6.00. The number of hydrogen-bond donors (Lipinski definition) is 2. The van der Waals surface area contributed by atoms with Gasteiger partial charge in [-0.3, -0.25) is 0 Å². The highest BCUT2D eigenvalue weighted by Gasteiger charge is 2.52. The van der Waals surface area contributed by atoms with Crippen LogP contribution in [0.2, 0.25) is 5.02 Å². The summed E-state index contributed by atoms with van der Waals surface area (Å²) in [7, 11) is 0. The first-order valence-corrected chi connectivity index (χ1v) is 11.0. The van der Waals surface area contributed by atoms with E-state index >= 15 is 0 Å². The molecule has 28 heavy (non-hydrogen) atoms. The van der Waals surface area contributed by atoms with Crippen LogP contribution in [0.4, 0.5) is 0 Å². The molecule has 0 spiro atoms. The van der Waals surface area contributed by atoms with Crippen molar-refractivity contribution in [2.75, 3.05) is 13.2 Å². The van der Waals surface area contributed by atoms with Crippen LogP contribution in [0.25, 0.3) is 0 Å². The van der Waals surface area contributed by atoms with E-state index in [9.17, 15) is 5.11 Å². The van der Waals surface area contributed by atoms with Gasteiger partial charge < -0.3 is 14.7 Å². The van der Waals surface area contributed by atoms with Gasteiger partial charge in [0.1, 0.15) is 18.3 Å². The van der Waals surface area contributed by atoms with Crippen molar-refractivity contribution in [2.24, 2.45) is 5.92 Å². The molecule has 1 aliphatic heterocycles. The Kier molecular flexibility index (Phi) is 5.96. The molecule has 2 aliphatic rings. The van der Waals surface area contributed by atoms with Crippen molar-refractivity contribution in [2.45, 2.75) is 57.2 Å². The summed E-state index contributed by atoms with van der Waals surface area (Å²) in [6.07, 6.45) is 5.19. The van der Waals surface area contributed by atoms with E-state index in [2.05, 4.69) is 30.3 Å². The SMILES string of the molecule is CCOc1ccccc1[C@H]1[C@H]2CCCC[C@]2(O)CC[NH+]1Cc1ccccc1Cl. The van der Waals surface area contributed by atoms with E-state index in [1.54, 1.807) is 0 Å². The van der Waals surface area contributed by atoms with Gasteiger partial charge in [0.15, 0.2) is 0 Å². The quantitative estimate of drug-likeness (QED) is 0.789. The summed E-state index contributed by atoms with van der Waals surface area (Å²) in [5.41, 5.74) is 1.86. The fourth-order valence-electron chi connectivity index (χ4n) is 5.40. The topological polar surface area (TPSA) is 33.9 Å². The molecular formula is C24H31ClNO2+. The third kappa shape index (κ3) is 3.80. The third-order valence-corrected chi connectivity index (χ3v) is 7.08. The van der Waals surface area contributed by atoms with Crippen LogP contribution in [0, 0.1) is 5.92 Å². The molecule has 2 fully saturated rings. The smallest absolute Gasteiger partial charge is 0.128 e. The molecular weight excluding hydrogens is 370 g/mol. The lowest BCUT2D eigenvalue weighted by molar-refractivity contribution is -0.958. The molecule has 0 bridgehead atoms. The van der Waals surface area contributed by atoms with E-state index in [4.69, 9.17) is 16.3 Å². The number of rotatable bonds is 5. The van der Waals surface area contributed by atoms with Gasteiger partial charge in [0.25, 0.3) is 0 Å². The second kappa shape index (κ2) is 8.44. The van der Waals surface area contributed by atoms with Crippen LogP contribution in [-0.2, 0) is 6.54 Å². The van der Waals surface area contributed by atoms with Gasteiger partial charge in [-0.1, -0.05) is 54.8 Å². The highest BCUT2D eigenvalue weighted by Crippen LogP contribution is 2.45. The zero-order valence-electron chi connectivity index (χ0n) is 16.7. The van der Waals surface area contributed by atoms with Crippen LogP contribution < -0.4 is 9.64 Å². The minimum atomic E-state index is -0.549. The van der Waals surface area contributed by atoms with Crippen LogP contribution in [0.3, 0.4) is 0 Å². The standard InChI is InChI=1S/C24H30ClNO2/c1-2-28-22-13-6-4-10-19(22)23-20-11-7-8-14-24(20,27)15-16-26(23)17-18-9-3-5-12-21(18)25/h3-6,9-10,12-13,20,23,27H,2,7-8,11,14-17H2,1H3/p+1/t20-,23+,24+/m1/s1. The molecule has 2 aromatic carbocycles. The van der Waals surface area contributed by atoms with Crippen molar-refractivity contribution in [3.8, 4) is 5.75 Å². The fourth-order valence-corrected chi connectivity index (χ4v) is 5.60. The summed E-state index contributed by atoms with van der Waals surface area (Å²) in [4.78, 5) is 1.48. The van der Waals surface area contributed by atoms with Gasteiger partial charge >= 0.3 is 0 Å². The van der Waals surface area contributed by atoms with Crippen molar-refractivity contribution in [3.63, 3.8) is 0 Å². The Hall–Kier alpha value is -1.55. The molecule has 4 rings (SSSR count). The summed E-state index contributed by atoms with van der Waals surface area (Å²) in [5, 5.41) is 12.3. The Morgan fingerprint density at radius 3 is 2.71 bits per heavy atom. The van der Waals surface area contributed by atoms with Gasteiger partial charge in [-0.05, 0) is 38.0 Å². The van der Waals surface area contributed by atoms with E-state index in [0.29, 0.717) is 6.61 Å². The predicted molar refractivity (Wildman–Crippen MR) is 113 cm³/mol. The van der Waals surface area contributed by atoms with Crippen molar-refractivity contribution >= 4 is 11.6 Å². The van der Waals surface area contributed by atoms with E-state index in [1.165, 1.54) is 22.4 Å². The van der Waals surface area contributed by atoms with E-state index < -0.39 is 5.60 Å². The molecule has 2 N–H and O–H groups in total. The monoisotopic (exact) mass is 400 g/mol.